The van der Waals surface area contributed by atoms with Gasteiger partial charge in [-0.1, -0.05) is 50.3 Å². The highest BCUT2D eigenvalue weighted by Crippen LogP contribution is 2.44. The molecular weight excluding hydrogens is 374 g/mol. The van der Waals surface area contributed by atoms with Gasteiger partial charge in [-0.15, -0.1) is 11.8 Å². The van der Waals surface area contributed by atoms with Crippen molar-refractivity contribution in [2.45, 2.75) is 56.2 Å². The smallest absolute Gasteiger partial charge is 0.270 e. The maximum Gasteiger partial charge on any atom is 0.270 e. The van der Waals surface area contributed by atoms with Gasteiger partial charge in [-0.25, -0.2) is 0 Å². The number of hydrogen-bond donors (Lipinski definition) is 2. The van der Waals surface area contributed by atoms with Crippen molar-refractivity contribution >= 4 is 23.5 Å². The van der Waals surface area contributed by atoms with Crippen molar-refractivity contribution in [3.63, 3.8) is 0 Å². The molecule has 1 atom stereocenters. The predicted molar refractivity (Wildman–Crippen MR) is 112 cm³/mol. The van der Waals surface area contributed by atoms with Gasteiger partial charge in [-0.3, -0.25) is 19.4 Å². The Bertz CT molecular complexity index is 897. The molecule has 2 N–H and O–H groups in total. The summed E-state index contributed by atoms with van der Waals surface area (Å²) in [5, 5.41) is 5.82. The van der Waals surface area contributed by atoms with Gasteiger partial charge in [0.15, 0.2) is 0 Å². The number of nitrogens with zero attached hydrogens (tertiary/aromatic N) is 1. The Morgan fingerprint density at radius 2 is 1.79 bits per heavy atom. The lowest BCUT2D eigenvalue weighted by molar-refractivity contribution is -0.113. The van der Waals surface area contributed by atoms with Crippen LogP contribution in [0.15, 0.2) is 29.1 Å². The first kappa shape index (κ1) is 19.2. The summed E-state index contributed by atoms with van der Waals surface area (Å²) in [6.45, 7) is 0. The fourth-order valence-electron chi connectivity index (χ4n) is 4.34. The molecule has 1 aliphatic carbocycles. The minimum Gasteiger partial charge on any atom is -0.496 e. The third-order valence-electron chi connectivity index (χ3n) is 5.72. The molecule has 2 aromatic rings. The van der Waals surface area contributed by atoms with Gasteiger partial charge < -0.3 is 10.1 Å². The van der Waals surface area contributed by atoms with Crippen LogP contribution in [0, 0.1) is 0 Å². The summed E-state index contributed by atoms with van der Waals surface area (Å²) in [5.41, 5.74) is 1.43. The predicted octanol–water partition coefficient (Wildman–Crippen LogP) is 4.25. The Hall–Kier alpha value is -2.15. The zero-order valence-electron chi connectivity index (χ0n) is 16.2. The van der Waals surface area contributed by atoms with Crippen molar-refractivity contribution in [2.24, 2.45) is 0 Å². The van der Waals surface area contributed by atoms with E-state index in [0.717, 1.165) is 37.0 Å². The van der Waals surface area contributed by atoms with Crippen LogP contribution in [-0.2, 0) is 4.79 Å². The standard InChI is InChI=1S/C21H27N3O3S/c1-27-16-12-8-7-11-15(16)19-18-20(22-17(25)13-28-19)24(23-21(18)26)14-9-5-3-2-4-6-10-14/h7-8,11-12,14,19H,2-6,9-10,13H2,1H3,(H,22,25)(H,23,26)/t19-/m0/s1. The quantitative estimate of drug-likeness (QED) is 0.806. The van der Waals surface area contributed by atoms with E-state index in [1.165, 1.54) is 31.0 Å². The Labute approximate surface area is 169 Å². The molecule has 1 aromatic carbocycles. The third kappa shape index (κ3) is 3.72. The van der Waals surface area contributed by atoms with E-state index in [0.29, 0.717) is 17.1 Å². The molecule has 1 aromatic heterocycles. The SMILES string of the molecule is COc1ccccc1[C@@H]1SCC(=O)Nc2c1c(=O)[nH]n2C1CCCCCCC1. The summed E-state index contributed by atoms with van der Waals surface area (Å²) < 4.78 is 7.48. The summed E-state index contributed by atoms with van der Waals surface area (Å²) in [5.74, 6) is 1.61. The zero-order chi connectivity index (χ0) is 19.5. The van der Waals surface area contributed by atoms with Crippen molar-refractivity contribution in [3.8, 4) is 5.75 Å². The molecule has 1 aliphatic heterocycles. The molecule has 2 aliphatic rings. The number of aromatic amines is 1. The molecule has 0 saturated heterocycles. The molecule has 4 rings (SSSR count). The van der Waals surface area contributed by atoms with E-state index in [4.69, 9.17) is 4.74 Å². The van der Waals surface area contributed by atoms with Crippen LogP contribution in [-0.4, -0.2) is 28.6 Å². The normalized spacial score (nSPS) is 21.2. The van der Waals surface area contributed by atoms with Gasteiger partial charge in [0.05, 0.1) is 29.7 Å². The monoisotopic (exact) mass is 401 g/mol. The molecule has 1 fully saturated rings. The number of anilines is 1. The Morgan fingerprint density at radius 3 is 2.54 bits per heavy atom. The first-order valence-corrected chi connectivity index (χ1v) is 11.1. The molecule has 6 nitrogen and oxygen atoms in total. The summed E-state index contributed by atoms with van der Waals surface area (Å²) >= 11 is 1.47. The number of para-hydroxylation sites is 1. The molecule has 0 bridgehead atoms. The summed E-state index contributed by atoms with van der Waals surface area (Å²) in [7, 11) is 1.63. The minimum absolute atomic E-state index is 0.0674. The van der Waals surface area contributed by atoms with Gasteiger partial charge in [0, 0.05) is 5.56 Å². The van der Waals surface area contributed by atoms with Gasteiger partial charge in [0.25, 0.3) is 5.56 Å². The fourth-order valence-corrected chi connectivity index (χ4v) is 5.49. The number of carbonyl (C=O) groups excluding carboxylic acids is 1. The van der Waals surface area contributed by atoms with Gasteiger partial charge in [0.2, 0.25) is 5.91 Å². The highest BCUT2D eigenvalue weighted by molar-refractivity contribution is 8.00. The number of H-pyrrole nitrogens is 1. The van der Waals surface area contributed by atoms with E-state index in [-0.39, 0.29) is 22.8 Å². The maximum atomic E-state index is 13.0. The van der Waals surface area contributed by atoms with Crippen LogP contribution in [0.1, 0.15) is 67.4 Å². The van der Waals surface area contributed by atoms with E-state index in [1.807, 2.05) is 28.9 Å². The van der Waals surface area contributed by atoms with Crippen molar-refractivity contribution in [3.05, 3.63) is 45.7 Å². The fraction of sp³-hybridized carbons (Fsp3) is 0.524. The number of amides is 1. The number of fused-ring (bicyclic) bond motifs is 1. The lowest BCUT2D eigenvalue weighted by atomic mass is 9.96. The molecule has 0 spiro atoms. The third-order valence-corrected chi connectivity index (χ3v) is 6.98. The number of methoxy groups -OCH3 is 1. The lowest BCUT2D eigenvalue weighted by Gasteiger charge is -2.23. The van der Waals surface area contributed by atoms with Crippen LogP contribution in [0.25, 0.3) is 0 Å². The van der Waals surface area contributed by atoms with Crippen LogP contribution in [0.4, 0.5) is 5.82 Å². The van der Waals surface area contributed by atoms with Gasteiger partial charge in [-0.05, 0) is 18.9 Å². The molecule has 2 heterocycles. The van der Waals surface area contributed by atoms with Crippen molar-refractivity contribution < 1.29 is 9.53 Å². The van der Waals surface area contributed by atoms with Crippen molar-refractivity contribution in [2.75, 3.05) is 18.2 Å². The summed E-state index contributed by atoms with van der Waals surface area (Å²) in [6.07, 6.45) is 8.11. The summed E-state index contributed by atoms with van der Waals surface area (Å²) in [4.78, 5) is 25.5. The summed E-state index contributed by atoms with van der Waals surface area (Å²) in [6, 6.07) is 7.95. The second kappa shape index (κ2) is 8.47. The number of ether oxygens (including phenoxy) is 1. The number of aromatic nitrogens is 2. The number of nitrogens with one attached hydrogen (secondary N) is 2. The highest BCUT2D eigenvalue weighted by Gasteiger charge is 2.33. The average molecular weight is 402 g/mol. The minimum atomic E-state index is -0.247. The lowest BCUT2D eigenvalue weighted by Crippen LogP contribution is -2.20. The van der Waals surface area contributed by atoms with Crippen LogP contribution < -0.4 is 15.6 Å². The molecular formula is C21H27N3O3S. The number of hydrogen-bond acceptors (Lipinski definition) is 4. The van der Waals surface area contributed by atoms with Gasteiger partial charge in [-0.2, -0.15) is 0 Å². The molecule has 7 heteroatoms. The number of benzene rings is 1. The second-order valence-corrected chi connectivity index (χ2v) is 8.65. The first-order chi connectivity index (χ1) is 13.7. The molecule has 28 heavy (non-hydrogen) atoms. The van der Waals surface area contributed by atoms with Crippen molar-refractivity contribution in [1.82, 2.24) is 9.78 Å². The van der Waals surface area contributed by atoms with E-state index in [2.05, 4.69) is 10.4 Å². The van der Waals surface area contributed by atoms with E-state index < -0.39 is 0 Å². The van der Waals surface area contributed by atoms with E-state index >= 15 is 0 Å². The highest BCUT2D eigenvalue weighted by atomic mass is 32.2. The van der Waals surface area contributed by atoms with Crippen LogP contribution in [0.3, 0.4) is 0 Å². The zero-order valence-corrected chi connectivity index (χ0v) is 17.0. The number of carbonyl (C=O) groups is 1. The van der Waals surface area contributed by atoms with Gasteiger partial charge in [0.1, 0.15) is 11.6 Å². The Balaban J connectivity index is 1.80. The van der Waals surface area contributed by atoms with Gasteiger partial charge >= 0.3 is 0 Å². The topological polar surface area (TPSA) is 76.1 Å². The molecule has 150 valence electrons. The molecule has 0 radical (unpaired) electrons. The molecule has 1 saturated carbocycles. The largest absolute Gasteiger partial charge is 0.496 e. The van der Waals surface area contributed by atoms with Crippen LogP contribution in [0.2, 0.25) is 0 Å². The second-order valence-electron chi connectivity index (χ2n) is 7.55. The average Bonchev–Trinajstić information content (AvgIpc) is 2.87. The Morgan fingerprint density at radius 1 is 1.07 bits per heavy atom. The maximum absolute atomic E-state index is 13.0. The Kier molecular flexibility index (Phi) is 5.80. The van der Waals surface area contributed by atoms with Crippen LogP contribution in [0.5, 0.6) is 5.75 Å². The van der Waals surface area contributed by atoms with Crippen molar-refractivity contribution in [1.29, 1.82) is 0 Å². The number of rotatable bonds is 3. The molecule has 1 amide bonds. The molecule has 0 unspecified atom stereocenters. The van der Waals surface area contributed by atoms with Crippen LogP contribution >= 0.6 is 11.8 Å². The van der Waals surface area contributed by atoms with E-state index in [9.17, 15) is 9.59 Å². The van der Waals surface area contributed by atoms with E-state index in [1.54, 1.807) is 7.11 Å². The first-order valence-electron chi connectivity index (χ1n) is 10.1. The number of thioether (sulfide) groups is 1.